The Bertz CT molecular complexity index is 262. The summed E-state index contributed by atoms with van der Waals surface area (Å²) in [5.74, 6) is 1.05. The quantitative estimate of drug-likeness (QED) is 0.557. The number of nitrogens with zero attached hydrogens (tertiary/aromatic N) is 2. The minimum atomic E-state index is 0.329. The van der Waals surface area contributed by atoms with Gasteiger partial charge in [-0.25, -0.2) is 4.99 Å². The highest BCUT2D eigenvalue weighted by molar-refractivity contribution is 5.94. The zero-order valence-electron chi connectivity index (χ0n) is 10.9. The predicted molar refractivity (Wildman–Crippen MR) is 70.9 cm³/mol. The molecule has 4 heteroatoms. The number of hydrogen-bond donors (Lipinski definition) is 2. The second-order valence-electron chi connectivity index (χ2n) is 3.91. The minimum absolute atomic E-state index is 0.329. The van der Waals surface area contributed by atoms with Crippen molar-refractivity contribution in [2.24, 2.45) is 4.99 Å². The second kappa shape index (κ2) is 7.91. The van der Waals surface area contributed by atoms with E-state index in [1.165, 1.54) is 0 Å². The van der Waals surface area contributed by atoms with Crippen LogP contribution in [0.25, 0.3) is 0 Å². The van der Waals surface area contributed by atoms with Crippen molar-refractivity contribution < 1.29 is 0 Å². The predicted octanol–water partition coefficient (Wildman–Crippen LogP) is 2.58. The molecule has 0 saturated carbocycles. The summed E-state index contributed by atoms with van der Waals surface area (Å²) in [4.78, 5) is 6.20. The average Bonchev–Trinajstić information content (AvgIpc) is 2.15. The van der Waals surface area contributed by atoms with Gasteiger partial charge in [0.05, 0.1) is 0 Å². The summed E-state index contributed by atoms with van der Waals surface area (Å²) >= 11 is 0. The molecule has 0 rings (SSSR count). The van der Waals surface area contributed by atoms with Gasteiger partial charge in [0.25, 0.3) is 0 Å². The van der Waals surface area contributed by atoms with Crippen LogP contribution in [0.15, 0.2) is 17.3 Å². The summed E-state index contributed by atoms with van der Waals surface area (Å²) in [7, 11) is 0. The first-order valence-corrected chi connectivity index (χ1v) is 5.82. The third kappa shape index (κ3) is 6.22. The maximum absolute atomic E-state index is 7.90. The largest absolute Gasteiger partial charge is 0.348 e. The van der Waals surface area contributed by atoms with Crippen LogP contribution in [0.2, 0.25) is 0 Å². The molecule has 0 heterocycles. The van der Waals surface area contributed by atoms with Crippen LogP contribution in [-0.2, 0) is 0 Å². The van der Waals surface area contributed by atoms with Crippen LogP contribution in [-0.4, -0.2) is 29.8 Å². The van der Waals surface area contributed by atoms with Gasteiger partial charge in [0.2, 0.25) is 5.96 Å². The van der Waals surface area contributed by atoms with Crippen LogP contribution in [0.3, 0.4) is 0 Å². The monoisotopic (exact) mass is 224 g/mol. The van der Waals surface area contributed by atoms with Crippen molar-refractivity contribution in [2.75, 3.05) is 13.1 Å². The van der Waals surface area contributed by atoms with E-state index in [0.717, 1.165) is 37.5 Å². The Balaban J connectivity index is 4.42. The Labute approximate surface area is 99.0 Å². The molecule has 16 heavy (non-hydrogen) atoms. The van der Waals surface area contributed by atoms with Gasteiger partial charge in [-0.1, -0.05) is 20.4 Å². The smallest absolute Gasteiger partial charge is 0.219 e. The van der Waals surface area contributed by atoms with Gasteiger partial charge in [-0.15, -0.1) is 0 Å². The fraction of sp³-hybridized carbons (Fsp3) is 0.667. The highest BCUT2D eigenvalue weighted by Gasteiger charge is 2.06. The van der Waals surface area contributed by atoms with Crippen LogP contribution in [0, 0.1) is 5.41 Å². The number of rotatable bonds is 5. The van der Waals surface area contributed by atoms with Crippen LogP contribution >= 0.6 is 0 Å². The Hall–Kier alpha value is -1.32. The van der Waals surface area contributed by atoms with Crippen LogP contribution < -0.4 is 5.32 Å². The van der Waals surface area contributed by atoms with Gasteiger partial charge in [0.1, 0.15) is 5.84 Å². The molecule has 0 aromatic carbocycles. The molecule has 92 valence electrons. The van der Waals surface area contributed by atoms with Crippen molar-refractivity contribution in [1.29, 1.82) is 5.41 Å². The summed E-state index contributed by atoms with van der Waals surface area (Å²) in [6, 6.07) is 0. The standard InChI is InChI=1S/C12H24N4/c1-6-8-16(9-7-2)12(13)15-11(5)14-10(3)4/h3,6-9H2,1-2,4-5H3,(H2,13,14,15). The number of hydrogen-bond acceptors (Lipinski definition) is 1. The normalized spacial score (nSPS) is 11.1. The number of nitrogens with one attached hydrogen (secondary N) is 2. The van der Waals surface area contributed by atoms with Gasteiger partial charge >= 0.3 is 0 Å². The SMILES string of the molecule is C=C(C)NC(C)=NC(=N)N(CCC)CCC. The molecule has 0 bridgehead atoms. The van der Waals surface area contributed by atoms with E-state index >= 15 is 0 Å². The molecule has 0 atom stereocenters. The molecule has 0 aliphatic carbocycles. The van der Waals surface area contributed by atoms with E-state index in [2.05, 4.69) is 30.7 Å². The van der Waals surface area contributed by atoms with Crippen molar-refractivity contribution in [3.8, 4) is 0 Å². The lowest BCUT2D eigenvalue weighted by Crippen LogP contribution is -2.32. The maximum atomic E-state index is 7.90. The molecule has 0 aliphatic rings. The highest BCUT2D eigenvalue weighted by atomic mass is 15.3. The topological polar surface area (TPSA) is 51.5 Å². The third-order valence-electron chi connectivity index (χ3n) is 1.95. The van der Waals surface area contributed by atoms with Gasteiger partial charge in [-0.05, 0) is 26.7 Å². The lowest BCUT2D eigenvalue weighted by atomic mass is 10.4. The Morgan fingerprint density at radius 2 is 1.75 bits per heavy atom. The summed E-state index contributed by atoms with van der Waals surface area (Å²) in [5, 5.41) is 10.9. The van der Waals surface area contributed by atoms with E-state index in [9.17, 15) is 0 Å². The van der Waals surface area contributed by atoms with Crippen molar-refractivity contribution in [1.82, 2.24) is 10.2 Å². The van der Waals surface area contributed by atoms with Crippen LogP contribution in [0.1, 0.15) is 40.5 Å². The average molecular weight is 224 g/mol. The summed E-state index contributed by atoms with van der Waals surface area (Å²) in [6.07, 6.45) is 2.07. The molecule has 0 aromatic rings. The fourth-order valence-electron chi connectivity index (χ4n) is 1.43. The first-order valence-electron chi connectivity index (χ1n) is 5.82. The van der Waals surface area contributed by atoms with Crippen molar-refractivity contribution in [3.05, 3.63) is 12.3 Å². The van der Waals surface area contributed by atoms with Gasteiger partial charge < -0.3 is 10.2 Å². The molecule has 4 nitrogen and oxygen atoms in total. The van der Waals surface area contributed by atoms with Gasteiger partial charge in [0, 0.05) is 18.8 Å². The van der Waals surface area contributed by atoms with Crippen molar-refractivity contribution >= 4 is 11.8 Å². The zero-order chi connectivity index (χ0) is 12.6. The molecule has 0 amide bonds. The summed E-state index contributed by atoms with van der Waals surface area (Å²) < 4.78 is 0. The van der Waals surface area contributed by atoms with E-state index in [4.69, 9.17) is 5.41 Å². The van der Waals surface area contributed by atoms with Crippen molar-refractivity contribution in [2.45, 2.75) is 40.5 Å². The van der Waals surface area contributed by atoms with E-state index in [-0.39, 0.29) is 0 Å². The van der Waals surface area contributed by atoms with E-state index in [1.54, 1.807) is 0 Å². The van der Waals surface area contributed by atoms with Gasteiger partial charge in [0.15, 0.2) is 0 Å². The minimum Gasteiger partial charge on any atom is -0.348 e. The molecule has 0 saturated heterocycles. The molecule has 0 aliphatic heterocycles. The lowest BCUT2D eigenvalue weighted by molar-refractivity contribution is 0.410. The van der Waals surface area contributed by atoms with E-state index in [0.29, 0.717) is 5.96 Å². The fourth-order valence-corrected chi connectivity index (χ4v) is 1.43. The molecule has 2 N–H and O–H groups in total. The molecule has 0 aromatic heterocycles. The molecule has 0 spiro atoms. The maximum Gasteiger partial charge on any atom is 0.219 e. The lowest BCUT2D eigenvalue weighted by Gasteiger charge is -2.21. The van der Waals surface area contributed by atoms with Crippen LogP contribution in [0.5, 0.6) is 0 Å². The van der Waals surface area contributed by atoms with Gasteiger partial charge in [-0.2, -0.15) is 0 Å². The number of amidine groups is 1. The second-order valence-corrected chi connectivity index (χ2v) is 3.91. The molecule has 0 fully saturated rings. The molecular formula is C12H24N4. The molecule has 0 unspecified atom stereocenters. The van der Waals surface area contributed by atoms with Crippen molar-refractivity contribution in [3.63, 3.8) is 0 Å². The Morgan fingerprint density at radius 1 is 1.25 bits per heavy atom. The number of guanidine groups is 1. The number of allylic oxidation sites excluding steroid dienone is 1. The van der Waals surface area contributed by atoms with Gasteiger partial charge in [-0.3, -0.25) is 5.41 Å². The first kappa shape index (κ1) is 14.7. The highest BCUT2D eigenvalue weighted by Crippen LogP contribution is 1.97. The van der Waals surface area contributed by atoms with Crippen LogP contribution in [0.4, 0.5) is 0 Å². The Morgan fingerprint density at radius 3 is 2.12 bits per heavy atom. The third-order valence-corrected chi connectivity index (χ3v) is 1.95. The van der Waals surface area contributed by atoms with E-state index in [1.807, 2.05) is 18.7 Å². The summed E-state index contributed by atoms with van der Waals surface area (Å²) in [5.41, 5.74) is 0.839. The Kier molecular flexibility index (Phi) is 7.25. The first-order chi connectivity index (χ1) is 7.51. The number of aliphatic imine (C=N–C) groups is 1. The molecular weight excluding hydrogens is 200 g/mol. The van der Waals surface area contributed by atoms with E-state index < -0.39 is 0 Å². The molecule has 0 radical (unpaired) electrons. The zero-order valence-corrected chi connectivity index (χ0v) is 10.9. The summed E-state index contributed by atoms with van der Waals surface area (Å²) in [6.45, 7) is 13.5.